The van der Waals surface area contributed by atoms with Gasteiger partial charge in [0.15, 0.2) is 5.82 Å². The quantitative estimate of drug-likeness (QED) is 0.905. The van der Waals surface area contributed by atoms with E-state index in [9.17, 15) is 0 Å². The van der Waals surface area contributed by atoms with E-state index in [-0.39, 0.29) is 0 Å². The molecule has 1 aliphatic rings. The van der Waals surface area contributed by atoms with Crippen molar-refractivity contribution in [2.24, 2.45) is 0 Å². The van der Waals surface area contributed by atoms with Crippen LogP contribution in [0.5, 0.6) is 0 Å². The van der Waals surface area contributed by atoms with Gasteiger partial charge in [0.2, 0.25) is 0 Å². The third-order valence-corrected chi connectivity index (χ3v) is 3.33. The second kappa shape index (κ2) is 5.32. The van der Waals surface area contributed by atoms with Gasteiger partial charge in [-0.05, 0) is 24.4 Å². The Kier molecular flexibility index (Phi) is 3.37. The molecule has 1 aromatic heterocycles. The smallest absolute Gasteiger partial charge is 0.153 e. The van der Waals surface area contributed by atoms with Crippen molar-refractivity contribution in [2.45, 2.75) is 6.54 Å². The highest BCUT2D eigenvalue weighted by Gasteiger charge is 2.07. The van der Waals surface area contributed by atoms with Gasteiger partial charge in [0.1, 0.15) is 0 Å². The first kappa shape index (κ1) is 12.0. The number of hydrogen-bond donors (Lipinski definition) is 1. The number of nitrogens with two attached hydrogens (primary N) is 1. The van der Waals surface area contributed by atoms with Crippen LogP contribution in [0.25, 0.3) is 10.9 Å². The van der Waals surface area contributed by atoms with Crippen molar-refractivity contribution in [2.75, 3.05) is 32.0 Å². The van der Waals surface area contributed by atoms with Gasteiger partial charge in [-0.1, -0.05) is 12.1 Å². The van der Waals surface area contributed by atoms with Crippen LogP contribution < -0.4 is 5.73 Å². The van der Waals surface area contributed by atoms with Crippen LogP contribution >= 0.6 is 0 Å². The van der Waals surface area contributed by atoms with Crippen molar-refractivity contribution >= 4 is 16.7 Å². The Morgan fingerprint density at radius 1 is 1.26 bits per heavy atom. The maximum Gasteiger partial charge on any atom is 0.153 e. The Morgan fingerprint density at radius 3 is 2.89 bits per heavy atom. The fraction of sp³-hybridized carbons (Fsp3) is 0.357. The second-order valence-corrected chi connectivity index (χ2v) is 4.62. The SMILES string of the molecule is Nc1nn(CC=CN2CCOCC2)c2ccccc12. The number of rotatable bonds is 3. The van der Waals surface area contributed by atoms with Gasteiger partial charge in [0.25, 0.3) is 0 Å². The van der Waals surface area contributed by atoms with Gasteiger partial charge in [-0.25, -0.2) is 0 Å². The number of nitrogen functional groups attached to an aromatic ring is 1. The number of morpholine rings is 1. The summed E-state index contributed by atoms with van der Waals surface area (Å²) in [5, 5.41) is 5.39. The van der Waals surface area contributed by atoms with Gasteiger partial charge in [0, 0.05) is 18.5 Å². The van der Waals surface area contributed by atoms with Crippen LogP contribution in [0, 0.1) is 0 Å². The molecule has 5 nitrogen and oxygen atoms in total. The van der Waals surface area contributed by atoms with E-state index in [0.29, 0.717) is 5.82 Å². The van der Waals surface area contributed by atoms with E-state index in [0.717, 1.165) is 43.8 Å². The lowest BCUT2D eigenvalue weighted by Gasteiger charge is -2.24. The molecule has 0 saturated carbocycles. The van der Waals surface area contributed by atoms with Crippen LogP contribution in [0.1, 0.15) is 0 Å². The van der Waals surface area contributed by atoms with Crippen LogP contribution in [-0.2, 0) is 11.3 Å². The lowest BCUT2D eigenvalue weighted by molar-refractivity contribution is 0.0592. The lowest BCUT2D eigenvalue weighted by atomic mass is 10.2. The summed E-state index contributed by atoms with van der Waals surface area (Å²) in [6.07, 6.45) is 4.24. The summed E-state index contributed by atoms with van der Waals surface area (Å²) in [5.41, 5.74) is 6.98. The molecule has 5 heteroatoms. The molecule has 1 saturated heterocycles. The number of anilines is 1. The third-order valence-electron chi connectivity index (χ3n) is 3.33. The van der Waals surface area contributed by atoms with Gasteiger partial charge < -0.3 is 15.4 Å². The topological polar surface area (TPSA) is 56.3 Å². The minimum atomic E-state index is 0.593. The zero-order chi connectivity index (χ0) is 13.1. The largest absolute Gasteiger partial charge is 0.382 e. The molecule has 19 heavy (non-hydrogen) atoms. The number of aromatic nitrogens is 2. The molecule has 0 bridgehead atoms. The van der Waals surface area contributed by atoms with E-state index in [1.54, 1.807) is 0 Å². The van der Waals surface area contributed by atoms with Gasteiger partial charge in [-0.3, -0.25) is 4.68 Å². The van der Waals surface area contributed by atoms with E-state index in [2.05, 4.69) is 22.3 Å². The third kappa shape index (κ3) is 2.56. The normalized spacial score (nSPS) is 16.5. The lowest BCUT2D eigenvalue weighted by Crippen LogP contribution is -2.32. The highest BCUT2D eigenvalue weighted by atomic mass is 16.5. The van der Waals surface area contributed by atoms with Gasteiger partial charge in [-0.2, -0.15) is 5.10 Å². The number of ether oxygens (including phenoxy) is 1. The Labute approximate surface area is 112 Å². The number of benzene rings is 1. The minimum absolute atomic E-state index is 0.593. The zero-order valence-electron chi connectivity index (χ0n) is 10.8. The summed E-state index contributed by atoms with van der Waals surface area (Å²) < 4.78 is 7.25. The average Bonchev–Trinajstić information content (AvgIpc) is 2.78. The molecule has 1 aliphatic heterocycles. The van der Waals surface area contributed by atoms with Gasteiger partial charge in [-0.15, -0.1) is 0 Å². The fourth-order valence-corrected chi connectivity index (χ4v) is 2.31. The van der Waals surface area contributed by atoms with Crippen LogP contribution in [0.3, 0.4) is 0 Å². The molecule has 1 fully saturated rings. The summed E-state index contributed by atoms with van der Waals surface area (Å²) in [4.78, 5) is 2.26. The number of fused-ring (bicyclic) bond motifs is 1. The van der Waals surface area contributed by atoms with Crippen molar-refractivity contribution in [3.8, 4) is 0 Å². The maximum atomic E-state index is 5.91. The van der Waals surface area contributed by atoms with E-state index >= 15 is 0 Å². The summed E-state index contributed by atoms with van der Waals surface area (Å²) in [6.45, 7) is 4.26. The highest BCUT2D eigenvalue weighted by Crippen LogP contribution is 2.19. The first-order valence-corrected chi connectivity index (χ1v) is 6.54. The molecule has 0 atom stereocenters. The average molecular weight is 258 g/mol. The van der Waals surface area contributed by atoms with Crippen molar-refractivity contribution in [1.29, 1.82) is 0 Å². The first-order chi connectivity index (χ1) is 9.34. The number of nitrogens with zero attached hydrogens (tertiary/aromatic N) is 3. The Hall–Kier alpha value is -2.01. The molecule has 0 radical (unpaired) electrons. The van der Waals surface area contributed by atoms with Gasteiger partial charge >= 0.3 is 0 Å². The number of para-hydroxylation sites is 1. The first-order valence-electron chi connectivity index (χ1n) is 6.54. The van der Waals surface area contributed by atoms with Crippen molar-refractivity contribution in [3.05, 3.63) is 36.5 Å². The molecule has 2 N–H and O–H groups in total. The van der Waals surface area contributed by atoms with Crippen molar-refractivity contribution in [1.82, 2.24) is 14.7 Å². The van der Waals surface area contributed by atoms with Crippen molar-refractivity contribution < 1.29 is 4.74 Å². The molecule has 0 spiro atoms. The van der Waals surface area contributed by atoms with Crippen LogP contribution in [-0.4, -0.2) is 41.0 Å². The van der Waals surface area contributed by atoms with Crippen LogP contribution in [0.2, 0.25) is 0 Å². The van der Waals surface area contributed by atoms with Crippen LogP contribution in [0.4, 0.5) is 5.82 Å². The number of allylic oxidation sites excluding steroid dienone is 1. The van der Waals surface area contributed by atoms with E-state index in [1.807, 2.05) is 28.9 Å². The summed E-state index contributed by atoms with van der Waals surface area (Å²) in [6, 6.07) is 8.03. The number of hydrogen-bond acceptors (Lipinski definition) is 4. The van der Waals surface area contributed by atoms with Crippen LogP contribution in [0.15, 0.2) is 36.5 Å². The Bertz CT molecular complexity index is 584. The molecule has 1 aromatic carbocycles. The molecular formula is C14H18N4O. The minimum Gasteiger partial charge on any atom is -0.382 e. The van der Waals surface area contributed by atoms with E-state index in [1.165, 1.54) is 0 Å². The van der Waals surface area contributed by atoms with E-state index in [4.69, 9.17) is 10.5 Å². The second-order valence-electron chi connectivity index (χ2n) is 4.62. The predicted molar refractivity (Wildman–Crippen MR) is 75.7 cm³/mol. The zero-order valence-corrected chi connectivity index (χ0v) is 10.8. The predicted octanol–water partition coefficient (Wildman–Crippen LogP) is 1.46. The Morgan fingerprint density at radius 2 is 2.05 bits per heavy atom. The van der Waals surface area contributed by atoms with Gasteiger partial charge in [0.05, 0.1) is 25.3 Å². The molecule has 0 unspecified atom stereocenters. The molecule has 0 aliphatic carbocycles. The molecule has 3 rings (SSSR count). The standard InChI is InChI=1S/C14H18N4O/c15-14-12-4-1-2-5-13(12)18(16-14)7-3-6-17-8-10-19-11-9-17/h1-6H,7-11H2,(H2,15,16). The monoisotopic (exact) mass is 258 g/mol. The molecular weight excluding hydrogens is 240 g/mol. The molecule has 100 valence electrons. The van der Waals surface area contributed by atoms with Crippen molar-refractivity contribution in [3.63, 3.8) is 0 Å². The Balaban J connectivity index is 1.73. The summed E-state index contributed by atoms with van der Waals surface area (Å²) in [5.74, 6) is 0.593. The van der Waals surface area contributed by atoms with E-state index < -0.39 is 0 Å². The molecule has 2 aromatic rings. The highest BCUT2D eigenvalue weighted by molar-refractivity contribution is 5.88. The maximum absolute atomic E-state index is 5.91. The molecule has 2 heterocycles. The summed E-state index contributed by atoms with van der Waals surface area (Å²) in [7, 11) is 0. The summed E-state index contributed by atoms with van der Waals surface area (Å²) >= 11 is 0. The fourth-order valence-electron chi connectivity index (χ4n) is 2.31. The molecule has 0 amide bonds.